The molecule has 2 rings (SSSR count). The van der Waals surface area contributed by atoms with Gasteiger partial charge < -0.3 is 5.32 Å². The van der Waals surface area contributed by atoms with Gasteiger partial charge in [0.2, 0.25) is 0 Å². The summed E-state index contributed by atoms with van der Waals surface area (Å²) >= 11 is 5.95. The summed E-state index contributed by atoms with van der Waals surface area (Å²) in [6.45, 7) is 2.01. The molecule has 1 aliphatic carbocycles. The lowest BCUT2D eigenvalue weighted by Crippen LogP contribution is -2.34. The van der Waals surface area contributed by atoms with E-state index in [4.69, 9.17) is 11.6 Å². The Kier molecular flexibility index (Phi) is 4.07. The number of allylic oxidation sites excluding steroid dienone is 1. The number of rotatable bonds is 3. The predicted octanol–water partition coefficient (Wildman–Crippen LogP) is 2.69. The van der Waals surface area contributed by atoms with Gasteiger partial charge in [0.05, 0.1) is 5.02 Å². The van der Waals surface area contributed by atoms with Gasteiger partial charge in [-0.1, -0.05) is 23.3 Å². The summed E-state index contributed by atoms with van der Waals surface area (Å²) in [4.78, 5) is 12.0. The van der Waals surface area contributed by atoms with Gasteiger partial charge in [0, 0.05) is 19.3 Å². The van der Waals surface area contributed by atoms with E-state index in [9.17, 15) is 4.79 Å². The van der Waals surface area contributed by atoms with Gasteiger partial charge in [-0.2, -0.15) is 5.10 Å². The molecular weight excluding hydrogens is 250 g/mol. The van der Waals surface area contributed by atoms with Crippen LogP contribution in [0, 0.1) is 0 Å². The van der Waals surface area contributed by atoms with E-state index in [1.807, 2.05) is 6.92 Å². The van der Waals surface area contributed by atoms with Crippen LogP contribution in [0.15, 0.2) is 17.8 Å². The van der Waals surface area contributed by atoms with Crippen LogP contribution in [0.1, 0.15) is 43.1 Å². The summed E-state index contributed by atoms with van der Waals surface area (Å²) in [5, 5.41) is 7.40. The Morgan fingerprint density at radius 2 is 2.33 bits per heavy atom. The lowest BCUT2D eigenvalue weighted by Gasteiger charge is -2.20. The van der Waals surface area contributed by atoms with Gasteiger partial charge in [0.1, 0.15) is 0 Å². The fourth-order valence-corrected chi connectivity index (χ4v) is 2.49. The fraction of sp³-hybridized carbons (Fsp3) is 0.538. The molecule has 98 valence electrons. The number of amides is 1. The van der Waals surface area contributed by atoms with E-state index in [0.29, 0.717) is 10.7 Å². The minimum Gasteiger partial charge on any atom is -0.344 e. The maximum atomic E-state index is 12.0. The third-order valence-corrected chi connectivity index (χ3v) is 3.51. The van der Waals surface area contributed by atoms with Crippen LogP contribution in [-0.4, -0.2) is 21.7 Å². The average Bonchev–Trinajstić information content (AvgIpc) is 2.69. The second-order valence-corrected chi connectivity index (χ2v) is 5.13. The van der Waals surface area contributed by atoms with Crippen LogP contribution in [0.5, 0.6) is 0 Å². The number of hydrogen-bond acceptors (Lipinski definition) is 2. The van der Waals surface area contributed by atoms with Crippen LogP contribution in [0.25, 0.3) is 0 Å². The van der Waals surface area contributed by atoms with Gasteiger partial charge in [-0.25, -0.2) is 0 Å². The van der Waals surface area contributed by atoms with Gasteiger partial charge in [-0.3, -0.25) is 9.48 Å². The van der Waals surface area contributed by atoms with Crippen LogP contribution < -0.4 is 5.32 Å². The Labute approximate surface area is 112 Å². The van der Waals surface area contributed by atoms with Crippen molar-refractivity contribution in [2.45, 2.75) is 38.6 Å². The van der Waals surface area contributed by atoms with Gasteiger partial charge in [-0.05, 0) is 32.6 Å². The number of nitrogens with one attached hydrogen (secondary N) is 1. The molecule has 18 heavy (non-hydrogen) atoms. The quantitative estimate of drug-likeness (QED) is 0.856. The fourth-order valence-electron chi connectivity index (χ4n) is 2.23. The maximum Gasteiger partial charge on any atom is 0.273 e. The zero-order valence-corrected chi connectivity index (χ0v) is 11.5. The Hall–Kier alpha value is -1.29. The van der Waals surface area contributed by atoms with E-state index >= 15 is 0 Å². The van der Waals surface area contributed by atoms with E-state index in [0.717, 1.165) is 12.8 Å². The second-order valence-electron chi connectivity index (χ2n) is 4.72. The van der Waals surface area contributed by atoms with E-state index in [-0.39, 0.29) is 11.9 Å². The highest BCUT2D eigenvalue weighted by Crippen LogP contribution is 2.21. The van der Waals surface area contributed by atoms with Crippen LogP contribution >= 0.6 is 11.6 Å². The summed E-state index contributed by atoms with van der Waals surface area (Å²) in [6.07, 6.45) is 8.49. The number of carbonyl (C=O) groups excluding carboxylic acids is 1. The second kappa shape index (κ2) is 5.57. The Balaban J connectivity index is 2.03. The molecule has 1 aromatic heterocycles. The van der Waals surface area contributed by atoms with Crippen molar-refractivity contribution >= 4 is 17.5 Å². The Morgan fingerprint density at radius 3 is 2.89 bits per heavy atom. The summed E-state index contributed by atoms with van der Waals surface area (Å²) in [5.74, 6) is -0.209. The topological polar surface area (TPSA) is 46.9 Å². The molecule has 0 bridgehead atoms. The molecule has 1 atom stereocenters. The maximum absolute atomic E-state index is 12.0. The highest BCUT2D eigenvalue weighted by Gasteiger charge is 2.19. The zero-order valence-electron chi connectivity index (χ0n) is 10.7. The first-order valence-electron chi connectivity index (χ1n) is 6.27. The molecule has 1 aliphatic rings. The molecule has 0 aliphatic heterocycles. The van der Waals surface area contributed by atoms with Crippen molar-refractivity contribution in [3.63, 3.8) is 0 Å². The third kappa shape index (κ3) is 2.93. The normalized spacial score (nSPS) is 17.2. The first kappa shape index (κ1) is 13.1. The minimum atomic E-state index is -0.209. The number of aryl methyl sites for hydroxylation is 1. The molecule has 5 heteroatoms. The molecule has 1 N–H and O–H groups in total. The number of hydrogen-bond donors (Lipinski definition) is 1. The monoisotopic (exact) mass is 267 g/mol. The average molecular weight is 268 g/mol. The summed E-state index contributed by atoms with van der Waals surface area (Å²) in [5.41, 5.74) is 1.60. The number of aromatic nitrogens is 2. The van der Waals surface area contributed by atoms with Crippen LogP contribution in [0.4, 0.5) is 0 Å². The van der Waals surface area contributed by atoms with E-state index in [1.165, 1.54) is 18.4 Å². The summed E-state index contributed by atoms with van der Waals surface area (Å²) in [7, 11) is 1.75. The van der Waals surface area contributed by atoms with Crippen LogP contribution in [-0.2, 0) is 7.05 Å². The molecule has 0 aromatic carbocycles. The van der Waals surface area contributed by atoms with Crippen LogP contribution in [0.3, 0.4) is 0 Å². The first-order valence-corrected chi connectivity index (χ1v) is 6.64. The molecule has 0 radical (unpaired) electrons. The first-order chi connectivity index (χ1) is 8.58. The molecule has 0 fully saturated rings. The van der Waals surface area contributed by atoms with Crippen molar-refractivity contribution in [2.75, 3.05) is 0 Å². The number of nitrogens with zero attached hydrogens (tertiary/aromatic N) is 2. The molecule has 1 aromatic rings. The minimum absolute atomic E-state index is 0.0517. The standard InChI is InChI=1S/C13H18ClN3O/c1-9(10-6-4-3-5-7-10)15-13(18)12-11(14)8-17(2)16-12/h6,8-9H,3-5,7H2,1-2H3,(H,15,18). The molecular formula is C13H18ClN3O. The molecule has 1 amide bonds. The largest absolute Gasteiger partial charge is 0.344 e. The lowest BCUT2D eigenvalue weighted by molar-refractivity contribution is 0.0939. The van der Waals surface area contributed by atoms with Gasteiger partial charge >= 0.3 is 0 Å². The molecule has 4 nitrogen and oxygen atoms in total. The van der Waals surface area contributed by atoms with Gasteiger partial charge in [0.15, 0.2) is 5.69 Å². The predicted molar refractivity (Wildman–Crippen MR) is 71.7 cm³/mol. The SMILES string of the molecule is CC(NC(=O)c1nn(C)cc1Cl)C1=CCCCC1. The Bertz CT molecular complexity index is 479. The van der Waals surface area contributed by atoms with Crippen molar-refractivity contribution in [1.82, 2.24) is 15.1 Å². The van der Waals surface area contributed by atoms with Crippen molar-refractivity contribution in [1.29, 1.82) is 0 Å². The highest BCUT2D eigenvalue weighted by molar-refractivity contribution is 6.33. The lowest BCUT2D eigenvalue weighted by atomic mass is 9.95. The number of halogens is 1. The molecule has 1 unspecified atom stereocenters. The molecule has 0 saturated heterocycles. The number of carbonyl (C=O) groups is 1. The smallest absolute Gasteiger partial charge is 0.273 e. The van der Waals surface area contributed by atoms with E-state index in [1.54, 1.807) is 17.9 Å². The van der Waals surface area contributed by atoms with Gasteiger partial charge in [0.25, 0.3) is 5.91 Å². The van der Waals surface area contributed by atoms with Crippen molar-refractivity contribution < 1.29 is 4.79 Å². The van der Waals surface area contributed by atoms with Crippen LogP contribution in [0.2, 0.25) is 5.02 Å². The van der Waals surface area contributed by atoms with Crippen molar-refractivity contribution in [3.05, 3.63) is 28.6 Å². The summed E-state index contributed by atoms with van der Waals surface area (Å²) < 4.78 is 1.54. The van der Waals surface area contributed by atoms with E-state index < -0.39 is 0 Å². The third-order valence-electron chi connectivity index (χ3n) is 3.23. The van der Waals surface area contributed by atoms with E-state index in [2.05, 4.69) is 16.5 Å². The van der Waals surface area contributed by atoms with Crippen molar-refractivity contribution in [3.8, 4) is 0 Å². The molecule has 0 spiro atoms. The molecule has 0 saturated carbocycles. The zero-order chi connectivity index (χ0) is 13.1. The summed E-state index contributed by atoms with van der Waals surface area (Å²) in [6, 6.07) is 0.0517. The van der Waals surface area contributed by atoms with Gasteiger partial charge in [-0.15, -0.1) is 0 Å². The highest BCUT2D eigenvalue weighted by atomic mass is 35.5. The Morgan fingerprint density at radius 1 is 1.56 bits per heavy atom. The molecule has 1 heterocycles. The van der Waals surface area contributed by atoms with Crippen molar-refractivity contribution in [2.24, 2.45) is 7.05 Å².